The van der Waals surface area contributed by atoms with E-state index in [0.717, 1.165) is 61.0 Å². The van der Waals surface area contributed by atoms with E-state index < -0.39 is 11.7 Å². The van der Waals surface area contributed by atoms with Crippen LogP contribution in [0, 0.1) is 5.41 Å². The van der Waals surface area contributed by atoms with Crippen LogP contribution in [0.15, 0.2) is 57.5 Å². The van der Waals surface area contributed by atoms with Crippen molar-refractivity contribution in [1.82, 2.24) is 15.5 Å². The Kier molecular flexibility index (Phi) is 18.7. The molecule has 1 aromatic rings. The number of aliphatic imine (C=N–C) groups is 1. The van der Waals surface area contributed by atoms with E-state index in [1.807, 2.05) is 24.3 Å². The molecule has 2 aliphatic heterocycles. The summed E-state index contributed by atoms with van der Waals surface area (Å²) in [7, 11) is 0. The fourth-order valence-electron chi connectivity index (χ4n) is 10.4. The minimum absolute atomic E-state index is 0.00861. The number of hydrogen-bond donors (Lipinski definition) is 4. The molecule has 1 saturated heterocycles. The highest BCUT2D eigenvalue weighted by Crippen LogP contribution is 2.53. The number of fused-ring (bicyclic) bond motifs is 2. The Balaban J connectivity index is 1.49. The normalized spacial score (nSPS) is 21.0. The smallest absolute Gasteiger partial charge is 0.246 e. The number of likely N-dealkylation sites (tertiary alicyclic amines) is 1. The van der Waals surface area contributed by atoms with Gasteiger partial charge in [0.1, 0.15) is 5.76 Å². The third-order valence-electron chi connectivity index (χ3n) is 15.1. The lowest BCUT2D eigenvalue weighted by Gasteiger charge is -2.34. The van der Waals surface area contributed by atoms with Gasteiger partial charge < -0.3 is 30.9 Å². The van der Waals surface area contributed by atoms with Crippen molar-refractivity contribution in [3.05, 3.63) is 63.6 Å². The van der Waals surface area contributed by atoms with Crippen molar-refractivity contribution < 1.29 is 29.1 Å². The van der Waals surface area contributed by atoms with Gasteiger partial charge in [0.15, 0.2) is 0 Å². The molecular weight excluding hydrogens is 853 g/mol. The Morgan fingerprint density at radius 1 is 0.676 bits per heavy atom. The van der Waals surface area contributed by atoms with E-state index in [0.29, 0.717) is 29.9 Å². The lowest BCUT2D eigenvalue weighted by Crippen LogP contribution is -2.42. The second-order valence-corrected chi connectivity index (χ2v) is 21.3. The lowest BCUT2D eigenvalue weighted by atomic mass is 9.73. The third-order valence-corrected chi connectivity index (χ3v) is 15.1. The predicted molar refractivity (Wildman–Crippen MR) is 277 cm³/mol. The molecule has 5 rings (SSSR count). The first kappa shape index (κ1) is 53.9. The van der Waals surface area contributed by atoms with Crippen LogP contribution in [-0.2, 0) is 29.4 Å². The number of rotatable bonds is 24. The molecule has 1 aromatic carbocycles. The summed E-state index contributed by atoms with van der Waals surface area (Å²) in [5.74, 6) is -1.94. The van der Waals surface area contributed by atoms with Gasteiger partial charge in [-0.15, -0.1) is 0 Å². The summed E-state index contributed by atoms with van der Waals surface area (Å²) < 4.78 is 0. The van der Waals surface area contributed by atoms with Crippen molar-refractivity contribution in [1.29, 1.82) is 0 Å². The van der Waals surface area contributed by atoms with Crippen molar-refractivity contribution in [2.45, 2.75) is 215 Å². The standard InChI is InChI=1S/C56H84N6O6/c1-13-15-17-19-21-23-29-57-47(63)25-27-49(65)59-43-33-45-41(55(9,10)37(7)61(45)35(3)4)31-39(43)51-53(67)52(54(51)68)40-32-42-46(62(36(5)6)38(8)56(42,11)12)34-44(40)60-50(66)28-26-48(64)58-30-24-22-20-18-16-14-2/h31-38,67H,13-30H2,1-12H3,(H,57,63)(H,58,64)(H,59,65). The van der Waals surface area contributed by atoms with Crippen LogP contribution < -0.4 is 20.9 Å². The predicted octanol–water partition coefficient (Wildman–Crippen LogP) is 11.1. The van der Waals surface area contributed by atoms with Crippen molar-refractivity contribution >= 4 is 52.1 Å². The van der Waals surface area contributed by atoms with Gasteiger partial charge in [-0.05, 0) is 89.8 Å². The first-order valence-corrected chi connectivity index (χ1v) is 26.1. The number of ketones is 1. The summed E-state index contributed by atoms with van der Waals surface area (Å²) in [4.78, 5) is 77.0. The highest BCUT2D eigenvalue weighted by atomic mass is 16.3. The lowest BCUT2D eigenvalue weighted by molar-refractivity contribution is -0.124. The summed E-state index contributed by atoms with van der Waals surface area (Å²) in [5.41, 5.74) is 4.59. The number of allylic oxidation sites excluding steroid dienone is 6. The molecule has 374 valence electrons. The maximum absolute atomic E-state index is 14.9. The van der Waals surface area contributed by atoms with E-state index in [4.69, 9.17) is 0 Å². The fourth-order valence-corrected chi connectivity index (χ4v) is 10.4. The SMILES string of the molecule is CCCCCCCCNC(=O)CCC(=O)N=C1C=C2C(=CC1=C1C(=O)C(c3cc4c(cc3NC(=O)CCC(=O)NCCCCCCCC)N(C(C)C)C(C)C4(C)C)=C1O)C(C)(C)C(C)N2C(C)C. The number of aliphatic hydroxyl groups excluding tert-OH is 1. The Bertz CT molecular complexity index is 2220. The molecule has 0 radical (unpaired) electrons. The summed E-state index contributed by atoms with van der Waals surface area (Å²) in [6.45, 7) is 27.0. The molecule has 0 saturated carbocycles. The van der Waals surface area contributed by atoms with E-state index >= 15 is 0 Å². The molecular formula is C56H84N6O6. The van der Waals surface area contributed by atoms with Crippen LogP contribution in [0.25, 0.3) is 5.57 Å². The largest absolute Gasteiger partial charge is 0.506 e. The minimum atomic E-state index is -0.496. The van der Waals surface area contributed by atoms with E-state index in [-0.39, 0.29) is 101 Å². The van der Waals surface area contributed by atoms with Gasteiger partial charge in [0.05, 0.1) is 22.5 Å². The van der Waals surface area contributed by atoms with Crippen molar-refractivity contribution in [3.8, 4) is 0 Å². The summed E-state index contributed by atoms with van der Waals surface area (Å²) >= 11 is 0. The van der Waals surface area contributed by atoms with Crippen LogP contribution in [0.4, 0.5) is 11.4 Å². The molecule has 12 nitrogen and oxygen atoms in total. The van der Waals surface area contributed by atoms with Gasteiger partial charge in [0, 0.05) is 96.3 Å². The number of carbonyl (C=O) groups is 5. The molecule has 2 aliphatic carbocycles. The van der Waals surface area contributed by atoms with Crippen LogP contribution in [0.3, 0.4) is 0 Å². The minimum Gasteiger partial charge on any atom is -0.506 e. The third kappa shape index (κ3) is 12.0. The quantitative estimate of drug-likeness (QED) is 0.0589. The monoisotopic (exact) mass is 937 g/mol. The van der Waals surface area contributed by atoms with E-state index in [1.165, 1.54) is 38.5 Å². The van der Waals surface area contributed by atoms with Crippen molar-refractivity contribution in [2.24, 2.45) is 10.4 Å². The second-order valence-electron chi connectivity index (χ2n) is 21.3. The topological polar surface area (TPSA) is 161 Å². The van der Waals surface area contributed by atoms with Gasteiger partial charge in [0.25, 0.3) is 0 Å². The van der Waals surface area contributed by atoms with Gasteiger partial charge in [-0.2, -0.15) is 0 Å². The number of nitrogens with one attached hydrogen (secondary N) is 3. The Hall–Kier alpha value is -5.00. The van der Waals surface area contributed by atoms with E-state index in [2.05, 4.69) is 114 Å². The Morgan fingerprint density at radius 2 is 1.19 bits per heavy atom. The number of amides is 4. The van der Waals surface area contributed by atoms with Gasteiger partial charge in [-0.25, -0.2) is 4.99 Å². The first-order valence-electron chi connectivity index (χ1n) is 26.1. The fraction of sp³-hybridized carbons (Fsp3) is 0.643. The molecule has 2 atom stereocenters. The van der Waals surface area contributed by atoms with Crippen LogP contribution >= 0.6 is 0 Å². The molecule has 0 aromatic heterocycles. The molecule has 2 unspecified atom stereocenters. The second kappa shape index (κ2) is 23.5. The number of carbonyl (C=O) groups excluding carboxylic acids is 5. The van der Waals surface area contributed by atoms with E-state index in [9.17, 15) is 29.1 Å². The maximum atomic E-state index is 14.9. The molecule has 68 heavy (non-hydrogen) atoms. The molecule has 4 aliphatic rings. The number of aliphatic hydroxyl groups is 1. The first-order chi connectivity index (χ1) is 32.2. The average Bonchev–Trinajstić information content (AvgIpc) is 3.60. The zero-order chi connectivity index (χ0) is 50.1. The van der Waals surface area contributed by atoms with Gasteiger partial charge in [-0.3, -0.25) is 24.0 Å². The number of hydrogen-bond acceptors (Lipinski definition) is 8. The number of unbranched alkanes of at least 4 members (excludes halogenated alkanes) is 10. The van der Waals surface area contributed by atoms with Crippen molar-refractivity contribution in [3.63, 3.8) is 0 Å². The Morgan fingerprint density at radius 3 is 1.74 bits per heavy atom. The van der Waals surface area contributed by atoms with Gasteiger partial charge >= 0.3 is 0 Å². The molecule has 0 spiro atoms. The van der Waals surface area contributed by atoms with Crippen molar-refractivity contribution in [2.75, 3.05) is 23.3 Å². The number of nitrogens with zero attached hydrogens (tertiary/aromatic N) is 3. The summed E-state index contributed by atoms with van der Waals surface area (Å²) in [6.07, 6.45) is 17.0. The van der Waals surface area contributed by atoms with E-state index in [1.54, 1.807) is 0 Å². The number of anilines is 2. The van der Waals surface area contributed by atoms with Crippen LogP contribution in [0.2, 0.25) is 0 Å². The number of benzene rings is 1. The van der Waals surface area contributed by atoms with Crippen LogP contribution in [-0.4, -0.2) is 82.4 Å². The average molecular weight is 937 g/mol. The zero-order valence-corrected chi connectivity index (χ0v) is 43.7. The molecule has 1 fully saturated rings. The summed E-state index contributed by atoms with van der Waals surface area (Å²) in [6, 6.07) is 4.26. The molecule has 2 heterocycles. The highest BCUT2D eigenvalue weighted by Gasteiger charge is 2.49. The molecule has 12 heteroatoms. The van der Waals surface area contributed by atoms with Gasteiger partial charge in [0.2, 0.25) is 29.4 Å². The highest BCUT2D eigenvalue weighted by molar-refractivity contribution is 6.42. The van der Waals surface area contributed by atoms with Crippen LogP contribution in [0.5, 0.6) is 0 Å². The van der Waals surface area contributed by atoms with Crippen LogP contribution in [0.1, 0.15) is 197 Å². The maximum Gasteiger partial charge on any atom is 0.246 e. The number of Topliss-reactive ketones (excluding diaryl/α,β-unsaturated/α-hetero) is 1. The Labute approximate surface area is 408 Å². The van der Waals surface area contributed by atoms with Gasteiger partial charge in [-0.1, -0.05) is 106 Å². The summed E-state index contributed by atoms with van der Waals surface area (Å²) in [5, 5.41) is 21.2. The molecule has 4 N–H and O–H groups in total. The zero-order valence-electron chi connectivity index (χ0n) is 43.7. The molecule has 0 bridgehead atoms. The molecule has 4 amide bonds.